The summed E-state index contributed by atoms with van der Waals surface area (Å²) in [7, 11) is 0. The van der Waals surface area contributed by atoms with Crippen LogP contribution in [0.3, 0.4) is 0 Å². The average molecular weight is 416 g/mol. The number of ether oxygens (including phenoxy) is 1. The zero-order chi connectivity index (χ0) is 21.1. The molecule has 4 aromatic rings. The van der Waals surface area contributed by atoms with Crippen molar-refractivity contribution in [1.82, 2.24) is 30.5 Å². The summed E-state index contributed by atoms with van der Waals surface area (Å²) in [5, 5.41) is 15.2. The molecule has 4 rings (SSSR count). The van der Waals surface area contributed by atoms with Gasteiger partial charge in [0, 0.05) is 23.6 Å². The summed E-state index contributed by atoms with van der Waals surface area (Å²) in [4.78, 5) is 16.5. The van der Waals surface area contributed by atoms with Gasteiger partial charge in [0.1, 0.15) is 5.75 Å². The second-order valence-corrected chi connectivity index (χ2v) is 6.31. The number of amides is 1. The molecule has 11 heteroatoms. The number of nitrogens with one attached hydrogen (secondary N) is 2. The molecule has 2 N–H and O–H groups in total. The number of alkyl halides is 3. The quantitative estimate of drug-likeness (QED) is 0.504. The van der Waals surface area contributed by atoms with Crippen molar-refractivity contribution in [2.75, 3.05) is 6.54 Å². The van der Waals surface area contributed by atoms with Crippen LogP contribution in [-0.4, -0.2) is 44.0 Å². The van der Waals surface area contributed by atoms with E-state index in [-0.39, 0.29) is 11.6 Å². The molecule has 0 aliphatic rings. The number of aromatic amines is 1. The lowest BCUT2D eigenvalue weighted by molar-refractivity contribution is -0.274. The molecule has 0 saturated heterocycles. The molecule has 2 aromatic carbocycles. The Labute approximate surface area is 167 Å². The van der Waals surface area contributed by atoms with Gasteiger partial charge in [0.2, 0.25) is 0 Å². The number of rotatable bonds is 6. The number of hydrogen-bond donors (Lipinski definition) is 2. The Kier molecular flexibility index (Phi) is 5.09. The summed E-state index contributed by atoms with van der Waals surface area (Å²) in [6.07, 6.45) is -2.26. The summed E-state index contributed by atoms with van der Waals surface area (Å²) in [5.41, 5.74) is 2.42. The first-order chi connectivity index (χ1) is 14.4. The van der Waals surface area contributed by atoms with Crippen molar-refractivity contribution in [3.8, 4) is 11.4 Å². The van der Waals surface area contributed by atoms with E-state index in [0.29, 0.717) is 18.7 Å². The first kappa shape index (κ1) is 19.4. The number of para-hydroxylation sites is 1. The fourth-order valence-electron chi connectivity index (χ4n) is 2.92. The third-order valence-corrected chi connectivity index (χ3v) is 4.27. The molecule has 0 aliphatic carbocycles. The summed E-state index contributed by atoms with van der Waals surface area (Å²) in [6, 6.07) is 12.7. The molecule has 0 aliphatic heterocycles. The summed E-state index contributed by atoms with van der Waals surface area (Å²) in [6.45, 7) is 0.374. The van der Waals surface area contributed by atoms with Gasteiger partial charge in [-0.15, -0.1) is 28.2 Å². The Morgan fingerprint density at radius 1 is 1.13 bits per heavy atom. The standard InChI is InChI=1S/C19H15F3N6O2/c20-19(21,22)30-14-7-5-13(6-8-14)28-26-17(25-27-28)18(29)23-10-9-12-11-24-16-4-2-1-3-15(12)16/h1-8,11,24H,9-10H2,(H,23,29). The van der Waals surface area contributed by atoms with Crippen molar-refractivity contribution in [3.63, 3.8) is 0 Å². The van der Waals surface area contributed by atoms with Crippen LogP contribution in [0.15, 0.2) is 54.7 Å². The number of nitrogens with zero attached hydrogens (tertiary/aromatic N) is 4. The van der Waals surface area contributed by atoms with Crippen molar-refractivity contribution < 1.29 is 22.7 Å². The number of carbonyl (C=O) groups is 1. The monoisotopic (exact) mass is 416 g/mol. The van der Waals surface area contributed by atoms with E-state index in [2.05, 4.69) is 30.4 Å². The molecule has 2 aromatic heterocycles. The van der Waals surface area contributed by atoms with Crippen LogP contribution in [0.4, 0.5) is 13.2 Å². The molecule has 8 nitrogen and oxygen atoms in total. The summed E-state index contributed by atoms with van der Waals surface area (Å²) >= 11 is 0. The SMILES string of the molecule is O=C(NCCc1c[nH]c2ccccc12)c1nnn(-c2ccc(OC(F)(F)F)cc2)n1. The van der Waals surface area contributed by atoms with E-state index in [1.165, 1.54) is 12.1 Å². The van der Waals surface area contributed by atoms with Gasteiger partial charge >= 0.3 is 6.36 Å². The molecule has 2 heterocycles. The smallest absolute Gasteiger partial charge is 0.406 e. The van der Waals surface area contributed by atoms with Gasteiger partial charge in [0.15, 0.2) is 0 Å². The van der Waals surface area contributed by atoms with Crippen molar-refractivity contribution in [3.05, 3.63) is 66.1 Å². The normalized spacial score (nSPS) is 11.6. The minimum Gasteiger partial charge on any atom is -0.406 e. The van der Waals surface area contributed by atoms with E-state index in [4.69, 9.17) is 0 Å². The second kappa shape index (κ2) is 7.85. The number of carbonyl (C=O) groups excluding carboxylic acids is 1. The maximum atomic E-state index is 12.2. The van der Waals surface area contributed by atoms with E-state index >= 15 is 0 Å². The lowest BCUT2D eigenvalue weighted by atomic mass is 10.1. The van der Waals surface area contributed by atoms with Gasteiger partial charge in [0.25, 0.3) is 11.7 Å². The summed E-state index contributed by atoms with van der Waals surface area (Å²) in [5.74, 6) is -1.02. The van der Waals surface area contributed by atoms with E-state index in [1.54, 1.807) is 0 Å². The first-order valence-electron chi connectivity index (χ1n) is 8.88. The first-order valence-corrected chi connectivity index (χ1v) is 8.88. The Hall–Kier alpha value is -3.89. The van der Waals surface area contributed by atoms with Crippen LogP contribution in [0.5, 0.6) is 5.75 Å². The largest absolute Gasteiger partial charge is 0.573 e. The number of fused-ring (bicyclic) bond motifs is 1. The molecule has 0 fully saturated rings. The van der Waals surface area contributed by atoms with E-state index < -0.39 is 12.3 Å². The molecule has 0 radical (unpaired) electrons. The predicted octanol–water partition coefficient (Wildman–Crippen LogP) is 3.01. The van der Waals surface area contributed by atoms with Gasteiger partial charge in [-0.25, -0.2) is 0 Å². The van der Waals surface area contributed by atoms with Crippen LogP contribution in [0.2, 0.25) is 0 Å². The van der Waals surface area contributed by atoms with Gasteiger partial charge in [0.05, 0.1) is 5.69 Å². The lowest BCUT2D eigenvalue weighted by Gasteiger charge is -2.08. The zero-order valence-electron chi connectivity index (χ0n) is 15.3. The van der Waals surface area contributed by atoms with Gasteiger partial charge in [-0.1, -0.05) is 18.2 Å². The second-order valence-electron chi connectivity index (χ2n) is 6.31. The number of aromatic nitrogens is 5. The van der Waals surface area contributed by atoms with Crippen molar-refractivity contribution in [2.45, 2.75) is 12.8 Å². The number of hydrogen-bond acceptors (Lipinski definition) is 5. The molecule has 0 unspecified atom stereocenters. The zero-order valence-corrected chi connectivity index (χ0v) is 15.3. The molecular weight excluding hydrogens is 401 g/mol. The molecular formula is C19H15F3N6O2. The third kappa shape index (κ3) is 4.40. The highest BCUT2D eigenvalue weighted by Gasteiger charge is 2.31. The van der Waals surface area contributed by atoms with E-state index in [9.17, 15) is 18.0 Å². The maximum Gasteiger partial charge on any atom is 0.573 e. The van der Waals surface area contributed by atoms with Gasteiger partial charge < -0.3 is 15.0 Å². The van der Waals surface area contributed by atoms with Crippen molar-refractivity contribution >= 4 is 16.8 Å². The fourth-order valence-corrected chi connectivity index (χ4v) is 2.92. The molecule has 0 atom stereocenters. The van der Waals surface area contributed by atoms with Crippen LogP contribution in [0.25, 0.3) is 16.6 Å². The van der Waals surface area contributed by atoms with Gasteiger partial charge in [-0.3, -0.25) is 4.79 Å². The lowest BCUT2D eigenvalue weighted by Crippen LogP contribution is -2.26. The number of tetrazole rings is 1. The van der Waals surface area contributed by atoms with Crippen molar-refractivity contribution in [1.29, 1.82) is 0 Å². The number of benzene rings is 2. The van der Waals surface area contributed by atoms with E-state index in [0.717, 1.165) is 33.4 Å². The Balaban J connectivity index is 1.36. The van der Waals surface area contributed by atoms with Gasteiger partial charge in [-0.2, -0.15) is 0 Å². The highest BCUT2D eigenvalue weighted by atomic mass is 19.4. The van der Waals surface area contributed by atoms with Crippen LogP contribution in [0, 0.1) is 0 Å². The molecule has 1 amide bonds. The molecule has 0 saturated carbocycles. The average Bonchev–Trinajstić information content (AvgIpc) is 3.35. The molecule has 0 spiro atoms. The minimum atomic E-state index is -4.77. The Morgan fingerprint density at radius 3 is 2.67 bits per heavy atom. The van der Waals surface area contributed by atoms with Crippen LogP contribution >= 0.6 is 0 Å². The Bertz CT molecular complexity index is 1170. The predicted molar refractivity (Wildman–Crippen MR) is 100 cm³/mol. The fraction of sp³-hybridized carbons (Fsp3) is 0.158. The van der Waals surface area contributed by atoms with Gasteiger partial charge in [-0.05, 0) is 47.5 Å². The minimum absolute atomic E-state index is 0.149. The third-order valence-electron chi connectivity index (χ3n) is 4.27. The van der Waals surface area contributed by atoms with Crippen LogP contribution in [0.1, 0.15) is 16.2 Å². The topological polar surface area (TPSA) is 97.7 Å². The highest BCUT2D eigenvalue weighted by molar-refractivity contribution is 5.90. The molecule has 0 bridgehead atoms. The number of halogens is 3. The van der Waals surface area contributed by atoms with E-state index in [1.807, 2.05) is 30.5 Å². The maximum absolute atomic E-state index is 12.2. The highest BCUT2D eigenvalue weighted by Crippen LogP contribution is 2.23. The Morgan fingerprint density at radius 2 is 1.90 bits per heavy atom. The van der Waals surface area contributed by atoms with Crippen molar-refractivity contribution in [2.24, 2.45) is 0 Å². The molecule has 154 valence electrons. The summed E-state index contributed by atoms with van der Waals surface area (Å²) < 4.78 is 40.5. The number of H-pyrrole nitrogens is 1. The molecule has 30 heavy (non-hydrogen) atoms. The van der Waals surface area contributed by atoms with Crippen LogP contribution in [-0.2, 0) is 6.42 Å². The van der Waals surface area contributed by atoms with Crippen LogP contribution < -0.4 is 10.1 Å².